The van der Waals surface area contributed by atoms with Crippen molar-refractivity contribution in [3.63, 3.8) is 0 Å². The Hall–Kier alpha value is -2.22. The van der Waals surface area contributed by atoms with Crippen molar-refractivity contribution in [2.75, 3.05) is 6.54 Å². The van der Waals surface area contributed by atoms with Crippen molar-refractivity contribution in [1.82, 2.24) is 10.3 Å². The number of pyridine rings is 1. The largest absolute Gasteiger partial charge is 0.481 e. The molecule has 0 aromatic carbocycles. The number of hydrogen-bond donors (Lipinski definition) is 2. The first kappa shape index (κ1) is 15.8. The van der Waals surface area contributed by atoms with Crippen molar-refractivity contribution in [2.45, 2.75) is 13.3 Å². The molecule has 1 aromatic rings. The fourth-order valence-corrected chi connectivity index (χ4v) is 1.73. The van der Waals surface area contributed by atoms with Crippen LogP contribution in [0.3, 0.4) is 0 Å². The number of halogens is 1. The molecule has 1 amide bonds. The van der Waals surface area contributed by atoms with Gasteiger partial charge in [-0.2, -0.15) is 0 Å². The van der Waals surface area contributed by atoms with Gasteiger partial charge in [-0.15, -0.1) is 0 Å². The number of carboxylic acids is 1. The maximum Gasteiger partial charge on any atom is 0.319 e. The molecule has 0 saturated heterocycles. The molecule has 0 aliphatic rings. The summed E-state index contributed by atoms with van der Waals surface area (Å²) in [6, 6.07) is 1.15. The number of carbonyl (C=O) groups excluding carboxylic acids is 1. The highest BCUT2D eigenvalue weighted by atomic mass is 35.5. The number of amides is 1. The van der Waals surface area contributed by atoms with Gasteiger partial charge in [-0.3, -0.25) is 19.7 Å². The Morgan fingerprint density at radius 1 is 1.60 bits per heavy atom. The van der Waals surface area contributed by atoms with Crippen molar-refractivity contribution in [3.05, 3.63) is 33.1 Å². The van der Waals surface area contributed by atoms with E-state index < -0.39 is 33.6 Å². The second-order valence-electron chi connectivity index (χ2n) is 3.91. The van der Waals surface area contributed by atoms with Crippen LogP contribution < -0.4 is 5.32 Å². The van der Waals surface area contributed by atoms with Gasteiger partial charge < -0.3 is 10.4 Å². The first-order valence-electron chi connectivity index (χ1n) is 5.68. The second-order valence-corrected chi connectivity index (χ2v) is 4.27. The lowest BCUT2D eigenvalue weighted by molar-refractivity contribution is -0.385. The number of nitrogens with zero attached hydrogens (tertiary/aromatic N) is 2. The van der Waals surface area contributed by atoms with Crippen LogP contribution in [0.5, 0.6) is 0 Å². The predicted molar refractivity (Wildman–Crippen MR) is 69.7 cm³/mol. The summed E-state index contributed by atoms with van der Waals surface area (Å²) in [6.45, 7) is 1.54. The van der Waals surface area contributed by atoms with Crippen LogP contribution in [0.25, 0.3) is 0 Å². The molecule has 0 aliphatic heterocycles. The van der Waals surface area contributed by atoms with E-state index >= 15 is 0 Å². The zero-order chi connectivity index (χ0) is 15.3. The van der Waals surface area contributed by atoms with Gasteiger partial charge in [0.15, 0.2) is 0 Å². The lowest BCUT2D eigenvalue weighted by atomic mass is 10.1. The van der Waals surface area contributed by atoms with Crippen LogP contribution in [-0.4, -0.2) is 33.4 Å². The molecule has 1 rings (SSSR count). The SMILES string of the molecule is CCC(CNC(=O)c1ccnc(Cl)c1[N+](=O)[O-])C(=O)O. The van der Waals surface area contributed by atoms with E-state index in [-0.39, 0.29) is 12.1 Å². The number of nitro groups is 1. The van der Waals surface area contributed by atoms with E-state index in [1.807, 2.05) is 0 Å². The quantitative estimate of drug-likeness (QED) is 0.466. The minimum atomic E-state index is -1.05. The summed E-state index contributed by atoms with van der Waals surface area (Å²) < 4.78 is 0. The maximum atomic E-state index is 11.9. The smallest absolute Gasteiger partial charge is 0.319 e. The Labute approximate surface area is 118 Å². The topological polar surface area (TPSA) is 122 Å². The lowest BCUT2D eigenvalue weighted by Gasteiger charge is -2.11. The third-order valence-corrected chi connectivity index (χ3v) is 2.93. The fourth-order valence-electron chi connectivity index (χ4n) is 1.50. The van der Waals surface area contributed by atoms with Crippen LogP contribution in [0.2, 0.25) is 5.15 Å². The number of carbonyl (C=O) groups is 2. The first-order chi connectivity index (χ1) is 9.38. The van der Waals surface area contributed by atoms with E-state index in [1.165, 1.54) is 6.20 Å². The molecular weight excluding hydrogens is 290 g/mol. The van der Waals surface area contributed by atoms with Crippen molar-refractivity contribution in [3.8, 4) is 0 Å². The molecule has 0 bridgehead atoms. The number of rotatable bonds is 6. The summed E-state index contributed by atoms with van der Waals surface area (Å²) in [5.74, 6) is -2.56. The minimum Gasteiger partial charge on any atom is -0.481 e. The van der Waals surface area contributed by atoms with Gasteiger partial charge >= 0.3 is 11.7 Å². The van der Waals surface area contributed by atoms with Gasteiger partial charge in [-0.25, -0.2) is 4.98 Å². The number of nitrogens with one attached hydrogen (secondary N) is 1. The Kier molecular flexibility index (Phi) is 5.39. The summed E-state index contributed by atoms with van der Waals surface area (Å²) in [5.41, 5.74) is -0.856. The van der Waals surface area contributed by atoms with Crippen LogP contribution >= 0.6 is 11.6 Å². The van der Waals surface area contributed by atoms with Crippen LogP contribution in [-0.2, 0) is 4.79 Å². The molecule has 1 aromatic heterocycles. The Morgan fingerprint density at radius 2 is 2.25 bits per heavy atom. The second kappa shape index (κ2) is 6.80. The van der Waals surface area contributed by atoms with E-state index in [0.29, 0.717) is 6.42 Å². The van der Waals surface area contributed by atoms with Gasteiger partial charge in [0, 0.05) is 12.7 Å². The van der Waals surface area contributed by atoms with Crippen LogP contribution in [0.15, 0.2) is 12.3 Å². The molecule has 0 aliphatic carbocycles. The van der Waals surface area contributed by atoms with E-state index in [1.54, 1.807) is 6.92 Å². The highest BCUT2D eigenvalue weighted by Crippen LogP contribution is 2.25. The molecule has 108 valence electrons. The van der Waals surface area contributed by atoms with Gasteiger partial charge in [0.05, 0.1) is 10.8 Å². The van der Waals surface area contributed by atoms with E-state index in [4.69, 9.17) is 16.7 Å². The summed E-state index contributed by atoms with van der Waals surface area (Å²) in [6.07, 6.45) is 1.49. The molecule has 9 heteroatoms. The number of aromatic nitrogens is 1. The molecule has 1 unspecified atom stereocenters. The highest BCUT2D eigenvalue weighted by Gasteiger charge is 2.25. The highest BCUT2D eigenvalue weighted by molar-refractivity contribution is 6.32. The lowest BCUT2D eigenvalue weighted by Crippen LogP contribution is -2.33. The summed E-state index contributed by atoms with van der Waals surface area (Å²) in [4.78, 5) is 36.3. The van der Waals surface area contributed by atoms with Gasteiger partial charge in [-0.1, -0.05) is 18.5 Å². The molecule has 0 saturated carbocycles. The van der Waals surface area contributed by atoms with Gasteiger partial charge in [0.2, 0.25) is 5.15 Å². The Bertz CT molecular complexity index is 549. The molecule has 0 radical (unpaired) electrons. The van der Waals surface area contributed by atoms with Crippen molar-refractivity contribution in [2.24, 2.45) is 5.92 Å². The molecule has 0 fully saturated rings. The molecule has 1 atom stereocenters. The van der Waals surface area contributed by atoms with Gasteiger partial charge in [0.1, 0.15) is 5.56 Å². The zero-order valence-electron chi connectivity index (χ0n) is 10.5. The molecule has 2 N–H and O–H groups in total. The monoisotopic (exact) mass is 301 g/mol. The van der Waals surface area contributed by atoms with Crippen LogP contribution in [0, 0.1) is 16.0 Å². The zero-order valence-corrected chi connectivity index (χ0v) is 11.3. The average Bonchev–Trinajstić information content (AvgIpc) is 2.37. The third-order valence-electron chi connectivity index (χ3n) is 2.66. The summed E-state index contributed by atoms with van der Waals surface area (Å²) >= 11 is 5.58. The van der Waals surface area contributed by atoms with E-state index in [9.17, 15) is 19.7 Å². The third kappa shape index (κ3) is 3.64. The number of carboxylic acid groups (broad SMARTS) is 1. The van der Waals surface area contributed by atoms with E-state index in [0.717, 1.165) is 6.07 Å². The molecule has 8 nitrogen and oxygen atoms in total. The first-order valence-corrected chi connectivity index (χ1v) is 6.06. The minimum absolute atomic E-state index is 0.123. The molecule has 20 heavy (non-hydrogen) atoms. The van der Waals surface area contributed by atoms with Crippen molar-refractivity contribution in [1.29, 1.82) is 0 Å². The predicted octanol–water partition coefficient (Wildman–Crippen LogP) is 1.48. The maximum absolute atomic E-state index is 11.9. The van der Waals surface area contributed by atoms with Crippen LogP contribution in [0.4, 0.5) is 5.69 Å². The normalized spacial score (nSPS) is 11.7. The molecule has 0 spiro atoms. The Balaban J connectivity index is 2.91. The fraction of sp³-hybridized carbons (Fsp3) is 0.364. The van der Waals surface area contributed by atoms with Gasteiger partial charge in [0.25, 0.3) is 5.91 Å². The number of hydrogen-bond acceptors (Lipinski definition) is 5. The standard InChI is InChI=1S/C11H12ClN3O5/c1-2-6(11(17)18)5-14-10(16)7-3-4-13-9(12)8(7)15(19)20/h3-4,6H,2,5H2,1H3,(H,14,16)(H,17,18). The summed E-state index contributed by atoms with van der Waals surface area (Å²) in [7, 11) is 0. The molecular formula is C11H12ClN3O5. The van der Waals surface area contributed by atoms with Crippen molar-refractivity contribution < 1.29 is 19.6 Å². The number of aliphatic carboxylic acids is 1. The van der Waals surface area contributed by atoms with E-state index in [2.05, 4.69) is 10.3 Å². The van der Waals surface area contributed by atoms with Crippen molar-refractivity contribution >= 4 is 29.2 Å². The van der Waals surface area contributed by atoms with Gasteiger partial charge in [-0.05, 0) is 12.5 Å². The average molecular weight is 302 g/mol. The summed E-state index contributed by atoms with van der Waals surface area (Å²) in [5, 5.41) is 21.7. The molecule has 1 heterocycles. The van der Waals surface area contributed by atoms with Crippen LogP contribution in [0.1, 0.15) is 23.7 Å². The Morgan fingerprint density at radius 3 is 2.75 bits per heavy atom.